The number of aromatic nitrogens is 2. The highest BCUT2D eigenvalue weighted by molar-refractivity contribution is 7.21. The van der Waals surface area contributed by atoms with E-state index in [1.807, 2.05) is 24.3 Å². The van der Waals surface area contributed by atoms with Crippen LogP contribution in [0.25, 0.3) is 20.7 Å². The topological polar surface area (TPSA) is 57.8 Å². The summed E-state index contributed by atoms with van der Waals surface area (Å²) in [5, 5.41) is 4.05. The van der Waals surface area contributed by atoms with Crippen molar-refractivity contribution in [2.75, 3.05) is 0 Å². The van der Waals surface area contributed by atoms with Crippen LogP contribution in [-0.4, -0.2) is 16.0 Å². The lowest BCUT2D eigenvalue weighted by atomic mass is 10.2. The quantitative estimate of drug-likeness (QED) is 0.778. The van der Waals surface area contributed by atoms with Crippen molar-refractivity contribution in [2.45, 2.75) is 25.4 Å². The molecule has 0 saturated heterocycles. The number of hydrogen-bond acceptors (Lipinski definition) is 4. The molecule has 0 aliphatic heterocycles. The number of benzene rings is 1. The number of thiophene rings is 1. The van der Waals surface area contributed by atoms with Crippen LogP contribution in [0.5, 0.6) is 0 Å². The van der Waals surface area contributed by atoms with E-state index in [0.717, 1.165) is 21.1 Å². The van der Waals surface area contributed by atoms with Gasteiger partial charge in [-0.3, -0.25) is 4.79 Å². The highest BCUT2D eigenvalue weighted by atomic mass is 32.1. The summed E-state index contributed by atoms with van der Waals surface area (Å²) in [5.74, 6) is 0.723. The van der Waals surface area contributed by atoms with E-state index in [9.17, 15) is 4.79 Å². The maximum atomic E-state index is 12.2. The summed E-state index contributed by atoms with van der Waals surface area (Å²) in [7, 11) is 0. The van der Waals surface area contributed by atoms with E-state index in [1.54, 1.807) is 11.3 Å². The van der Waals surface area contributed by atoms with E-state index in [0.29, 0.717) is 18.0 Å². The third kappa shape index (κ3) is 2.62. The first-order valence-corrected chi connectivity index (χ1v) is 7.93. The van der Waals surface area contributed by atoms with Crippen molar-refractivity contribution in [3.8, 4) is 10.4 Å². The zero-order chi connectivity index (χ0) is 14.2. The molecule has 0 atom stereocenters. The molecule has 3 aromatic rings. The highest BCUT2D eigenvalue weighted by Gasteiger charge is 2.20. The summed E-state index contributed by atoms with van der Waals surface area (Å²) in [6.45, 7) is 0.633. The van der Waals surface area contributed by atoms with Gasteiger partial charge in [-0.15, -0.1) is 11.3 Å². The standard InChI is InChI=1S/C16H15N3OS/c20-15-12-8-13(10-4-2-1-3-5-10)21-16(12)19-14(18-15)9-17-11-6-7-11/h1-5,8,11,17H,6-7,9H2,(H,18,19,20). The molecule has 5 heteroatoms. The number of nitrogens with zero attached hydrogens (tertiary/aromatic N) is 1. The third-order valence-corrected chi connectivity index (χ3v) is 4.72. The highest BCUT2D eigenvalue weighted by Crippen LogP contribution is 2.30. The Labute approximate surface area is 125 Å². The molecule has 0 spiro atoms. The molecule has 0 bridgehead atoms. The molecule has 1 aromatic carbocycles. The Balaban J connectivity index is 1.72. The van der Waals surface area contributed by atoms with Crippen LogP contribution in [0, 0.1) is 0 Å². The summed E-state index contributed by atoms with van der Waals surface area (Å²) in [5.41, 5.74) is 1.07. The SMILES string of the molecule is O=c1[nH]c(CNC2CC2)nc2sc(-c3ccccc3)cc12. The Bertz CT molecular complexity index is 834. The van der Waals surface area contributed by atoms with Crippen LogP contribution in [0.1, 0.15) is 18.7 Å². The van der Waals surface area contributed by atoms with E-state index in [-0.39, 0.29) is 5.56 Å². The molecule has 1 aliphatic carbocycles. The van der Waals surface area contributed by atoms with Crippen LogP contribution in [0.2, 0.25) is 0 Å². The van der Waals surface area contributed by atoms with Crippen molar-refractivity contribution in [1.82, 2.24) is 15.3 Å². The molecule has 1 aliphatic rings. The summed E-state index contributed by atoms with van der Waals surface area (Å²) < 4.78 is 0. The second-order valence-electron chi connectivity index (χ2n) is 5.36. The van der Waals surface area contributed by atoms with Crippen molar-refractivity contribution in [1.29, 1.82) is 0 Å². The molecule has 0 amide bonds. The van der Waals surface area contributed by atoms with Crippen LogP contribution >= 0.6 is 11.3 Å². The average Bonchev–Trinajstić information content (AvgIpc) is 3.23. The second kappa shape index (κ2) is 5.09. The molecule has 106 valence electrons. The predicted octanol–water partition coefficient (Wildman–Crippen LogP) is 2.90. The van der Waals surface area contributed by atoms with Crippen molar-refractivity contribution in [3.63, 3.8) is 0 Å². The Morgan fingerprint density at radius 3 is 2.86 bits per heavy atom. The monoisotopic (exact) mass is 297 g/mol. The number of fused-ring (bicyclic) bond motifs is 1. The van der Waals surface area contributed by atoms with Gasteiger partial charge < -0.3 is 10.3 Å². The fraction of sp³-hybridized carbons (Fsp3) is 0.250. The Hall–Kier alpha value is -1.98. The third-order valence-electron chi connectivity index (χ3n) is 3.65. The minimum atomic E-state index is -0.0500. The van der Waals surface area contributed by atoms with Crippen molar-refractivity contribution >= 4 is 21.6 Å². The largest absolute Gasteiger partial charge is 0.309 e. The van der Waals surface area contributed by atoms with E-state index in [4.69, 9.17) is 0 Å². The van der Waals surface area contributed by atoms with Crippen molar-refractivity contribution in [2.24, 2.45) is 0 Å². The fourth-order valence-electron chi connectivity index (χ4n) is 2.33. The summed E-state index contributed by atoms with van der Waals surface area (Å²) >= 11 is 1.57. The Morgan fingerprint density at radius 1 is 1.29 bits per heavy atom. The lowest BCUT2D eigenvalue weighted by molar-refractivity contribution is 0.659. The van der Waals surface area contributed by atoms with Crippen LogP contribution in [0.4, 0.5) is 0 Å². The van der Waals surface area contributed by atoms with Gasteiger partial charge in [0.25, 0.3) is 5.56 Å². The maximum absolute atomic E-state index is 12.2. The summed E-state index contributed by atoms with van der Waals surface area (Å²) in [4.78, 5) is 21.5. The maximum Gasteiger partial charge on any atom is 0.259 e. The van der Waals surface area contributed by atoms with Gasteiger partial charge in [-0.1, -0.05) is 30.3 Å². The summed E-state index contributed by atoms with van der Waals surface area (Å²) in [6.07, 6.45) is 2.45. The Kier molecular flexibility index (Phi) is 3.09. The van der Waals surface area contributed by atoms with E-state index < -0.39 is 0 Å². The van der Waals surface area contributed by atoms with Crippen molar-refractivity contribution < 1.29 is 0 Å². The molecule has 4 rings (SSSR count). The molecule has 0 unspecified atom stereocenters. The molecule has 4 nitrogen and oxygen atoms in total. The fourth-order valence-corrected chi connectivity index (χ4v) is 3.39. The number of rotatable bonds is 4. The normalized spacial score (nSPS) is 14.7. The van der Waals surface area contributed by atoms with Gasteiger partial charge in [0.1, 0.15) is 10.7 Å². The molecular formula is C16H15N3OS. The molecule has 2 heterocycles. The second-order valence-corrected chi connectivity index (χ2v) is 6.39. The van der Waals surface area contributed by atoms with Gasteiger partial charge in [-0.25, -0.2) is 4.98 Å². The van der Waals surface area contributed by atoms with Gasteiger partial charge in [-0.05, 0) is 24.5 Å². The first-order valence-electron chi connectivity index (χ1n) is 7.11. The van der Waals surface area contributed by atoms with Gasteiger partial charge in [-0.2, -0.15) is 0 Å². The molecular weight excluding hydrogens is 282 g/mol. The molecule has 21 heavy (non-hydrogen) atoms. The predicted molar refractivity (Wildman–Crippen MR) is 85.5 cm³/mol. The number of nitrogens with one attached hydrogen (secondary N) is 2. The number of H-pyrrole nitrogens is 1. The van der Waals surface area contributed by atoms with Crippen LogP contribution in [0.15, 0.2) is 41.2 Å². The molecule has 2 N–H and O–H groups in total. The van der Waals surface area contributed by atoms with Gasteiger partial charge in [0.2, 0.25) is 0 Å². The van der Waals surface area contributed by atoms with Gasteiger partial charge in [0.05, 0.1) is 11.9 Å². The van der Waals surface area contributed by atoms with Crippen LogP contribution in [0.3, 0.4) is 0 Å². The van der Waals surface area contributed by atoms with Gasteiger partial charge >= 0.3 is 0 Å². The van der Waals surface area contributed by atoms with Crippen LogP contribution in [-0.2, 0) is 6.54 Å². The lowest BCUT2D eigenvalue weighted by Gasteiger charge is -2.01. The van der Waals surface area contributed by atoms with Crippen molar-refractivity contribution in [3.05, 3.63) is 52.6 Å². The zero-order valence-electron chi connectivity index (χ0n) is 11.4. The molecule has 2 aromatic heterocycles. The number of aromatic amines is 1. The summed E-state index contributed by atoms with van der Waals surface area (Å²) in [6, 6.07) is 12.6. The molecule has 0 radical (unpaired) electrons. The minimum Gasteiger partial charge on any atom is -0.309 e. The van der Waals surface area contributed by atoms with E-state index in [1.165, 1.54) is 12.8 Å². The molecule has 1 fully saturated rings. The average molecular weight is 297 g/mol. The smallest absolute Gasteiger partial charge is 0.259 e. The van der Waals surface area contributed by atoms with Crippen LogP contribution < -0.4 is 10.9 Å². The van der Waals surface area contributed by atoms with Gasteiger partial charge in [0, 0.05) is 10.9 Å². The minimum absolute atomic E-state index is 0.0500. The van der Waals surface area contributed by atoms with Gasteiger partial charge in [0.15, 0.2) is 0 Å². The Morgan fingerprint density at radius 2 is 2.10 bits per heavy atom. The van der Waals surface area contributed by atoms with E-state index >= 15 is 0 Å². The first-order chi connectivity index (χ1) is 10.3. The molecule has 1 saturated carbocycles. The number of hydrogen-bond donors (Lipinski definition) is 2. The zero-order valence-corrected chi connectivity index (χ0v) is 12.2. The lowest BCUT2D eigenvalue weighted by Crippen LogP contribution is -2.20. The first kappa shape index (κ1) is 12.7. The van der Waals surface area contributed by atoms with E-state index in [2.05, 4.69) is 27.4 Å².